The molecule has 1 heterocycles. The number of aliphatic hydroxyl groups is 1. The zero-order valence-electron chi connectivity index (χ0n) is 14.6. The van der Waals surface area contributed by atoms with E-state index in [1.807, 2.05) is 20.8 Å². The third-order valence-corrected chi connectivity index (χ3v) is 5.06. The largest absolute Gasteiger partial charge is 0.391 e. The molecule has 0 saturated heterocycles. The zero-order valence-corrected chi connectivity index (χ0v) is 15.4. The minimum absolute atomic E-state index is 0.0978. The topological polar surface area (TPSA) is 91.3 Å². The van der Waals surface area contributed by atoms with Crippen molar-refractivity contribution in [2.45, 2.75) is 31.8 Å². The molecule has 0 amide bonds. The molecule has 0 radical (unpaired) electrons. The Bertz CT molecular complexity index is 866. The summed E-state index contributed by atoms with van der Waals surface area (Å²) < 4.78 is 52.8. The van der Waals surface area contributed by atoms with E-state index in [9.17, 15) is 22.3 Å². The average molecular weight is 385 g/mol. The second-order valence-electron chi connectivity index (χ2n) is 6.88. The highest BCUT2D eigenvalue weighted by Gasteiger charge is 2.22. The Kier molecular flexibility index (Phi) is 5.82. The summed E-state index contributed by atoms with van der Waals surface area (Å²) in [5, 5.41) is 12.9. The molecular formula is C17H21F2N3O3S. The van der Waals surface area contributed by atoms with Gasteiger partial charge in [0.25, 0.3) is 10.0 Å². The van der Waals surface area contributed by atoms with Crippen LogP contribution in [0, 0.1) is 17.0 Å². The van der Waals surface area contributed by atoms with Crippen LogP contribution in [0.1, 0.15) is 20.8 Å². The molecule has 6 nitrogen and oxygen atoms in total. The van der Waals surface area contributed by atoms with Gasteiger partial charge in [0.1, 0.15) is 10.7 Å². The molecular weight excluding hydrogens is 364 g/mol. The van der Waals surface area contributed by atoms with Crippen LogP contribution in [0.2, 0.25) is 0 Å². The van der Waals surface area contributed by atoms with E-state index in [2.05, 4.69) is 15.0 Å². The van der Waals surface area contributed by atoms with Crippen LogP contribution < -0.4 is 10.0 Å². The first-order chi connectivity index (χ1) is 12.0. The number of anilines is 2. The van der Waals surface area contributed by atoms with Crippen LogP contribution >= 0.6 is 0 Å². The van der Waals surface area contributed by atoms with E-state index in [1.165, 1.54) is 12.1 Å². The van der Waals surface area contributed by atoms with Crippen LogP contribution in [-0.4, -0.2) is 31.2 Å². The molecule has 26 heavy (non-hydrogen) atoms. The van der Waals surface area contributed by atoms with Gasteiger partial charge in [-0.2, -0.15) is 0 Å². The number of nitrogens with zero attached hydrogens (tertiary/aromatic N) is 1. The van der Waals surface area contributed by atoms with Crippen molar-refractivity contribution in [3.8, 4) is 0 Å². The van der Waals surface area contributed by atoms with Crippen LogP contribution in [0.4, 0.5) is 20.3 Å². The molecule has 0 aliphatic rings. The van der Waals surface area contributed by atoms with Gasteiger partial charge in [-0.15, -0.1) is 0 Å². The summed E-state index contributed by atoms with van der Waals surface area (Å²) in [6.07, 6.45) is 0.524. The summed E-state index contributed by atoms with van der Waals surface area (Å²) in [6, 6.07) is 5.48. The monoisotopic (exact) mass is 385 g/mol. The second-order valence-corrected chi connectivity index (χ2v) is 8.56. The van der Waals surface area contributed by atoms with Gasteiger partial charge in [0, 0.05) is 18.8 Å². The first-order valence-electron chi connectivity index (χ1n) is 7.85. The molecule has 2 aromatic rings. The van der Waals surface area contributed by atoms with Gasteiger partial charge in [-0.05, 0) is 29.7 Å². The van der Waals surface area contributed by atoms with Crippen molar-refractivity contribution in [3.63, 3.8) is 0 Å². The number of hydrogen-bond donors (Lipinski definition) is 3. The predicted octanol–water partition coefficient (Wildman–Crippen LogP) is 2.98. The Balaban J connectivity index is 2.07. The fraction of sp³-hybridized carbons (Fsp3) is 0.353. The highest BCUT2D eigenvalue weighted by atomic mass is 32.2. The Labute approximate surface area is 151 Å². The number of aliphatic hydroxyl groups excluding tert-OH is 1. The maximum absolute atomic E-state index is 13.2. The maximum atomic E-state index is 13.2. The number of pyridine rings is 1. The summed E-state index contributed by atoms with van der Waals surface area (Å²) in [5.74, 6) is -1.82. The number of hydrogen-bond acceptors (Lipinski definition) is 5. The van der Waals surface area contributed by atoms with Gasteiger partial charge >= 0.3 is 0 Å². The lowest BCUT2D eigenvalue weighted by Gasteiger charge is -2.26. The molecule has 0 fully saturated rings. The lowest BCUT2D eigenvalue weighted by molar-refractivity contribution is 0.0745. The van der Waals surface area contributed by atoms with Crippen LogP contribution in [-0.2, 0) is 10.0 Å². The highest BCUT2D eigenvalue weighted by Crippen LogP contribution is 2.21. The Morgan fingerprint density at radius 2 is 1.85 bits per heavy atom. The Morgan fingerprint density at radius 3 is 2.38 bits per heavy atom. The van der Waals surface area contributed by atoms with Crippen molar-refractivity contribution >= 4 is 21.5 Å². The quantitative estimate of drug-likeness (QED) is 0.711. The number of rotatable bonds is 6. The van der Waals surface area contributed by atoms with E-state index >= 15 is 0 Å². The van der Waals surface area contributed by atoms with Gasteiger partial charge in [0.05, 0.1) is 11.8 Å². The van der Waals surface area contributed by atoms with Crippen molar-refractivity contribution < 1.29 is 22.3 Å². The first kappa shape index (κ1) is 20.1. The minimum atomic E-state index is -3.99. The van der Waals surface area contributed by atoms with E-state index in [-0.39, 0.29) is 22.5 Å². The van der Waals surface area contributed by atoms with Crippen LogP contribution in [0.25, 0.3) is 0 Å². The number of benzene rings is 1. The Morgan fingerprint density at radius 1 is 1.15 bits per heavy atom. The molecule has 0 aliphatic carbocycles. The lowest BCUT2D eigenvalue weighted by atomic mass is 9.89. The average Bonchev–Trinajstić information content (AvgIpc) is 2.55. The molecule has 9 heteroatoms. The minimum Gasteiger partial charge on any atom is -0.391 e. The molecule has 0 saturated carbocycles. The maximum Gasteiger partial charge on any atom is 0.263 e. The van der Waals surface area contributed by atoms with Gasteiger partial charge in [0.2, 0.25) is 0 Å². The number of aromatic nitrogens is 1. The van der Waals surface area contributed by atoms with E-state index in [0.29, 0.717) is 5.82 Å². The van der Waals surface area contributed by atoms with E-state index in [0.717, 1.165) is 24.4 Å². The van der Waals surface area contributed by atoms with Gasteiger partial charge in [0.15, 0.2) is 11.6 Å². The highest BCUT2D eigenvalue weighted by molar-refractivity contribution is 7.92. The van der Waals surface area contributed by atoms with Crippen LogP contribution in [0.15, 0.2) is 41.4 Å². The summed E-state index contributed by atoms with van der Waals surface area (Å²) in [7, 11) is -3.99. The number of nitrogens with one attached hydrogen (secondary N) is 2. The SMILES string of the molecule is CC(C)(C)C(O)CNc1ccc(S(=O)(=O)Nc2ccc(F)c(F)c2)cn1. The van der Waals surface area contributed by atoms with Gasteiger partial charge in [-0.25, -0.2) is 22.2 Å². The molecule has 2 rings (SSSR count). The summed E-state index contributed by atoms with van der Waals surface area (Å²) in [6.45, 7) is 5.95. The number of sulfonamides is 1. The third-order valence-electron chi connectivity index (χ3n) is 3.69. The number of halogens is 2. The normalized spacial score (nSPS) is 13.3. The molecule has 3 N–H and O–H groups in total. The van der Waals surface area contributed by atoms with Crippen LogP contribution in [0.3, 0.4) is 0 Å². The molecule has 1 aromatic heterocycles. The smallest absolute Gasteiger partial charge is 0.263 e. The molecule has 0 aliphatic heterocycles. The summed E-state index contributed by atoms with van der Waals surface area (Å²) in [4.78, 5) is 3.86. The summed E-state index contributed by atoms with van der Waals surface area (Å²) >= 11 is 0. The van der Waals surface area contributed by atoms with E-state index < -0.39 is 27.8 Å². The van der Waals surface area contributed by atoms with Crippen molar-refractivity contribution in [1.29, 1.82) is 0 Å². The molecule has 0 bridgehead atoms. The molecule has 1 aromatic carbocycles. The molecule has 1 atom stereocenters. The summed E-state index contributed by atoms with van der Waals surface area (Å²) in [5.41, 5.74) is -0.399. The fourth-order valence-electron chi connectivity index (χ4n) is 1.92. The predicted molar refractivity (Wildman–Crippen MR) is 95.4 cm³/mol. The molecule has 142 valence electrons. The molecule has 1 unspecified atom stereocenters. The second kappa shape index (κ2) is 7.55. The van der Waals surface area contributed by atoms with E-state index in [4.69, 9.17) is 0 Å². The zero-order chi connectivity index (χ0) is 19.5. The standard InChI is InChI=1S/C17H21F2N3O3S/c1-17(2,3)15(23)10-21-16-7-5-12(9-20-16)26(24,25)22-11-4-6-13(18)14(19)8-11/h4-9,15,22-23H,10H2,1-3H3,(H,20,21). The first-order valence-corrected chi connectivity index (χ1v) is 9.33. The van der Waals surface area contributed by atoms with E-state index in [1.54, 1.807) is 0 Å². The van der Waals surface area contributed by atoms with Gasteiger partial charge < -0.3 is 10.4 Å². The van der Waals surface area contributed by atoms with Gasteiger partial charge in [-0.3, -0.25) is 4.72 Å². The van der Waals surface area contributed by atoms with Gasteiger partial charge in [-0.1, -0.05) is 20.8 Å². The van der Waals surface area contributed by atoms with Crippen molar-refractivity contribution in [3.05, 3.63) is 48.2 Å². The lowest BCUT2D eigenvalue weighted by Crippen LogP contribution is -2.33. The third kappa shape index (κ3) is 5.12. The Hall–Kier alpha value is -2.26. The fourth-order valence-corrected chi connectivity index (χ4v) is 2.92. The molecule has 0 spiro atoms. The van der Waals surface area contributed by atoms with Crippen molar-refractivity contribution in [2.24, 2.45) is 5.41 Å². The van der Waals surface area contributed by atoms with Crippen molar-refractivity contribution in [2.75, 3.05) is 16.6 Å². The van der Waals surface area contributed by atoms with Crippen LogP contribution in [0.5, 0.6) is 0 Å². The van der Waals surface area contributed by atoms with Crippen molar-refractivity contribution in [1.82, 2.24) is 4.98 Å².